The van der Waals surface area contributed by atoms with Gasteiger partial charge >= 0.3 is 0 Å². The number of benzene rings is 1. The van der Waals surface area contributed by atoms with Crippen molar-refractivity contribution in [2.75, 3.05) is 7.05 Å². The molecule has 1 fully saturated rings. The van der Waals surface area contributed by atoms with Crippen molar-refractivity contribution in [3.63, 3.8) is 0 Å². The average Bonchev–Trinajstić information content (AvgIpc) is 3.29. The van der Waals surface area contributed by atoms with Crippen molar-refractivity contribution in [3.8, 4) is 11.1 Å². The molecule has 0 spiro atoms. The summed E-state index contributed by atoms with van der Waals surface area (Å²) in [5.74, 6) is -0.0258. The van der Waals surface area contributed by atoms with E-state index in [1.54, 1.807) is 30.5 Å². The van der Waals surface area contributed by atoms with Crippen LogP contribution in [-0.4, -0.2) is 23.8 Å². The second kappa shape index (κ2) is 6.06. The summed E-state index contributed by atoms with van der Waals surface area (Å²) in [4.78, 5) is 20.0. The lowest BCUT2D eigenvalue weighted by molar-refractivity contribution is -0.134. The predicted octanol–water partition coefficient (Wildman–Crippen LogP) is 4.24. The van der Waals surface area contributed by atoms with E-state index in [0.29, 0.717) is 5.92 Å². The second-order valence-corrected chi connectivity index (χ2v) is 8.48. The molecule has 4 nitrogen and oxygen atoms in total. The van der Waals surface area contributed by atoms with Gasteiger partial charge in [0.2, 0.25) is 5.91 Å². The first-order chi connectivity index (χ1) is 12.3. The Balaban J connectivity index is 1.77. The molecule has 1 amide bonds. The van der Waals surface area contributed by atoms with Crippen LogP contribution in [0, 0.1) is 17.7 Å². The molecule has 2 atom stereocenters. The van der Waals surface area contributed by atoms with Crippen LogP contribution in [0.3, 0.4) is 0 Å². The highest BCUT2D eigenvalue weighted by Crippen LogP contribution is 2.51. The van der Waals surface area contributed by atoms with E-state index in [9.17, 15) is 9.18 Å². The monoisotopic (exact) mass is 391 g/mol. The van der Waals surface area contributed by atoms with Crippen LogP contribution in [0.2, 0.25) is 5.02 Å². The quantitative estimate of drug-likeness (QED) is 0.850. The number of amides is 1. The van der Waals surface area contributed by atoms with Crippen LogP contribution >= 0.6 is 22.9 Å². The van der Waals surface area contributed by atoms with Crippen molar-refractivity contribution < 1.29 is 9.18 Å². The molecular formula is C19H19ClFN3OS. The van der Waals surface area contributed by atoms with Crippen molar-refractivity contribution >= 4 is 34.8 Å². The standard InChI is InChI=1S/C19H19ClFN3OS/c1-19(16(10-3-4-10)17(25)24(2)18(22)23-19)15-8-12(9-26-15)11-5-6-14(21)13(20)7-11/h5-10,16H,3-4H2,1-2H3,(H2,22,23)/t16-,19-/m1/s1. The van der Waals surface area contributed by atoms with Gasteiger partial charge in [0.1, 0.15) is 11.4 Å². The van der Waals surface area contributed by atoms with Gasteiger partial charge in [-0.25, -0.2) is 9.38 Å². The van der Waals surface area contributed by atoms with E-state index in [-0.39, 0.29) is 22.8 Å². The summed E-state index contributed by atoms with van der Waals surface area (Å²) < 4.78 is 13.4. The number of nitrogens with two attached hydrogens (primary N) is 1. The largest absolute Gasteiger partial charge is 0.369 e. The maximum absolute atomic E-state index is 13.4. The van der Waals surface area contributed by atoms with Gasteiger partial charge in [0.15, 0.2) is 5.96 Å². The Morgan fingerprint density at radius 3 is 2.73 bits per heavy atom. The molecule has 2 aromatic rings. The summed E-state index contributed by atoms with van der Waals surface area (Å²) in [6.07, 6.45) is 2.09. The Bertz CT molecular complexity index is 923. The fraction of sp³-hybridized carbons (Fsp3) is 0.368. The topological polar surface area (TPSA) is 58.7 Å². The van der Waals surface area contributed by atoms with E-state index in [2.05, 4.69) is 0 Å². The van der Waals surface area contributed by atoms with Crippen molar-refractivity contribution in [1.29, 1.82) is 0 Å². The van der Waals surface area contributed by atoms with Crippen molar-refractivity contribution in [2.24, 2.45) is 22.6 Å². The van der Waals surface area contributed by atoms with Gasteiger partial charge in [-0.1, -0.05) is 17.7 Å². The number of nitrogens with zero attached hydrogens (tertiary/aromatic N) is 2. The zero-order valence-corrected chi connectivity index (χ0v) is 16.1. The highest BCUT2D eigenvalue weighted by molar-refractivity contribution is 7.10. The zero-order valence-electron chi connectivity index (χ0n) is 14.5. The number of halogens is 2. The summed E-state index contributed by atoms with van der Waals surface area (Å²) in [6.45, 7) is 1.99. The first-order valence-corrected chi connectivity index (χ1v) is 9.74. The Kier molecular flexibility index (Phi) is 4.08. The minimum absolute atomic E-state index is 0.0299. The van der Waals surface area contributed by atoms with Gasteiger partial charge in [0.25, 0.3) is 0 Å². The number of aliphatic imine (C=N–C) groups is 1. The van der Waals surface area contributed by atoms with Crippen LogP contribution in [0.5, 0.6) is 0 Å². The maximum Gasteiger partial charge on any atom is 0.235 e. The minimum atomic E-state index is -0.679. The molecule has 1 saturated carbocycles. The lowest BCUT2D eigenvalue weighted by atomic mass is 9.79. The predicted molar refractivity (Wildman–Crippen MR) is 103 cm³/mol. The normalized spacial score (nSPS) is 26.2. The lowest BCUT2D eigenvalue weighted by Crippen LogP contribution is -2.54. The fourth-order valence-electron chi connectivity index (χ4n) is 3.67. The molecule has 136 valence electrons. The Morgan fingerprint density at radius 2 is 2.08 bits per heavy atom. The van der Waals surface area contributed by atoms with Gasteiger partial charge < -0.3 is 5.73 Å². The number of rotatable bonds is 3. The molecule has 1 aromatic heterocycles. The van der Waals surface area contributed by atoms with E-state index in [0.717, 1.165) is 28.8 Å². The summed E-state index contributed by atoms with van der Waals surface area (Å²) in [6, 6.07) is 6.68. The number of thiophene rings is 1. The van der Waals surface area contributed by atoms with Crippen LogP contribution in [0.4, 0.5) is 4.39 Å². The molecule has 0 radical (unpaired) electrons. The molecule has 0 unspecified atom stereocenters. The molecule has 2 heterocycles. The molecule has 2 aliphatic rings. The molecule has 2 N–H and O–H groups in total. The number of hydrogen-bond acceptors (Lipinski definition) is 4. The van der Waals surface area contributed by atoms with Gasteiger partial charge in [-0.15, -0.1) is 11.3 Å². The first kappa shape index (κ1) is 17.5. The second-order valence-electron chi connectivity index (χ2n) is 7.16. The van der Waals surface area contributed by atoms with Crippen LogP contribution < -0.4 is 5.73 Å². The molecule has 26 heavy (non-hydrogen) atoms. The highest BCUT2D eigenvalue weighted by Gasteiger charge is 2.53. The molecular weight excluding hydrogens is 373 g/mol. The van der Waals surface area contributed by atoms with Crippen molar-refractivity contribution in [1.82, 2.24) is 4.90 Å². The van der Waals surface area contributed by atoms with E-state index in [1.807, 2.05) is 18.4 Å². The van der Waals surface area contributed by atoms with Gasteiger partial charge in [-0.3, -0.25) is 9.69 Å². The van der Waals surface area contributed by atoms with Crippen molar-refractivity contribution in [2.45, 2.75) is 25.3 Å². The van der Waals surface area contributed by atoms with Gasteiger partial charge in [-0.2, -0.15) is 0 Å². The van der Waals surface area contributed by atoms with Crippen LogP contribution in [0.25, 0.3) is 11.1 Å². The summed E-state index contributed by atoms with van der Waals surface area (Å²) in [5, 5.41) is 2.08. The number of hydrogen-bond donors (Lipinski definition) is 1. The SMILES string of the molecule is CN1C(=O)[C@@H](C2CC2)[C@@](C)(c2cc(-c3ccc(F)c(Cl)c3)cs2)N=C1N. The number of carbonyl (C=O) groups is 1. The summed E-state index contributed by atoms with van der Waals surface area (Å²) in [5.41, 5.74) is 7.11. The summed E-state index contributed by atoms with van der Waals surface area (Å²) >= 11 is 7.46. The zero-order chi connectivity index (χ0) is 18.6. The van der Waals surface area contributed by atoms with Gasteiger partial charge in [0, 0.05) is 11.9 Å². The number of carbonyl (C=O) groups excluding carboxylic acids is 1. The van der Waals surface area contributed by atoms with Crippen LogP contribution in [0.15, 0.2) is 34.6 Å². The van der Waals surface area contributed by atoms with E-state index in [1.165, 1.54) is 11.0 Å². The molecule has 1 aliphatic carbocycles. The third-order valence-electron chi connectivity index (χ3n) is 5.34. The Labute approximate surface area is 160 Å². The smallest absolute Gasteiger partial charge is 0.235 e. The van der Waals surface area contributed by atoms with Crippen LogP contribution in [0.1, 0.15) is 24.6 Å². The molecule has 1 aromatic carbocycles. The lowest BCUT2D eigenvalue weighted by Gasteiger charge is -2.40. The molecule has 0 saturated heterocycles. The third-order valence-corrected chi connectivity index (χ3v) is 6.78. The highest BCUT2D eigenvalue weighted by atomic mass is 35.5. The first-order valence-electron chi connectivity index (χ1n) is 8.48. The Hall–Kier alpha value is -1.92. The minimum Gasteiger partial charge on any atom is -0.369 e. The average molecular weight is 392 g/mol. The number of guanidine groups is 1. The van der Waals surface area contributed by atoms with Gasteiger partial charge in [-0.05, 0) is 60.4 Å². The molecule has 0 bridgehead atoms. The molecule has 7 heteroatoms. The van der Waals surface area contributed by atoms with Gasteiger partial charge in [0.05, 0.1) is 10.9 Å². The van der Waals surface area contributed by atoms with Crippen molar-refractivity contribution in [3.05, 3.63) is 45.4 Å². The summed E-state index contributed by atoms with van der Waals surface area (Å²) in [7, 11) is 1.68. The molecule has 4 rings (SSSR count). The van der Waals surface area contributed by atoms with E-state index < -0.39 is 11.4 Å². The van der Waals surface area contributed by atoms with E-state index in [4.69, 9.17) is 22.3 Å². The Morgan fingerprint density at radius 1 is 1.35 bits per heavy atom. The third kappa shape index (κ3) is 2.72. The maximum atomic E-state index is 13.4. The van der Waals surface area contributed by atoms with Crippen LogP contribution in [-0.2, 0) is 10.3 Å². The van der Waals surface area contributed by atoms with E-state index >= 15 is 0 Å². The molecule has 1 aliphatic heterocycles. The fourth-order valence-corrected chi connectivity index (χ4v) is 4.92.